The minimum absolute atomic E-state index is 0.184. The molecule has 3 aromatic carbocycles. The van der Waals surface area contributed by atoms with Crippen LogP contribution in [-0.2, 0) is 11.3 Å². The van der Waals surface area contributed by atoms with Gasteiger partial charge in [0.15, 0.2) is 0 Å². The van der Waals surface area contributed by atoms with E-state index in [1.165, 1.54) is 4.90 Å². The predicted octanol–water partition coefficient (Wildman–Crippen LogP) is 4.98. The number of halogens is 1. The van der Waals surface area contributed by atoms with Crippen molar-refractivity contribution in [3.8, 4) is 5.75 Å². The predicted molar refractivity (Wildman–Crippen MR) is 114 cm³/mol. The average Bonchev–Trinajstić information content (AvgIpc) is 2.99. The van der Waals surface area contributed by atoms with Gasteiger partial charge in [-0.15, -0.1) is 0 Å². The molecule has 4 rings (SSSR count). The summed E-state index contributed by atoms with van der Waals surface area (Å²) in [6.07, 6.45) is 1.71. The van der Waals surface area contributed by atoms with Crippen molar-refractivity contribution in [2.75, 3.05) is 6.61 Å². The molecule has 0 unspecified atom stereocenters. The van der Waals surface area contributed by atoms with E-state index in [9.17, 15) is 9.59 Å². The molecule has 0 atom stereocenters. The molecule has 1 aliphatic heterocycles. The van der Waals surface area contributed by atoms with Gasteiger partial charge in [0.25, 0.3) is 5.91 Å². The molecule has 1 N–H and O–H groups in total. The molecule has 5 nitrogen and oxygen atoms in total. The highest BCUT2D eigenvalue weighted by molar-refractivity contribution is 6.30. The van der Waals surface area contributed by atoms with Gasteiger partial charge in [-0.3, -0.25) is 9.69 Å². The number of hydrogen-bond donors (Lipinski definition) is 1. The lowest BCUT2D eigenvalue weighted by Crippen LogP contribution is -2.30. The minimum Gasteiger partial charge on any atom is -0.493 e. The van der Waals surface area contributed by atoms with Crippen LogP contribution in [-0.4, -0.2) is 23.4 Å². The SMILES string of the molecule is CCOc1ccc(/C=C2/NC(=O)N(Cc3ccc(Cl)cc3)C2=O)c2ccccc12. The van der Waals surface area contributed by atoms with Crippen molar-refractivity contribution in [1.82, 2.24) is 10.2 Å². The van der Waals surface area contributed by atoms with E-state index in [1.54, 1.807) is 30.3 Å². The van der Waals surface area contributed by atoms with Crippen LogP contribution in [0.15, 0.2) is 66.4 Å². The smallest absolute Gasteiger partial charge is 0.329 e. The summed E-state index contributed by atoms with van der Waals surface area (Å²) >= 11 is 5.90. The Kier molecular flexibility index (Phi) is 5.23. The third kappa shape index (κ3) is 3.82. The Bertz CT molecular complexity index is 1120. The largest absolute Gasteiger partial charge is 0.493 e. The Labute approximate surface area is 173 Å². The maximum atomic E-state index is 12.8. The summed E-state index contributed by atoms with van der Waals surface area (Å²) in [6.45, 7) is 2.69. The Morgan fingerprint density at radius 1 is 1.00 bits per heavy atom. The van der Waals surface area contributed by atoms with E-state index in [1.807, 2.05) is 43.3 Å². The topological polar surface area (TPSA) is 58.6 Å². The van der Waals surface area contributed by atoms with Gasteiger partial charge in [-0.2, -0.15) is 0 Å². The summed E-state index contributed by atoms with van der Waals surface area (Å²) in [5.41, 5.74) is 1.91. The molecule has 3 amide bonds. The minimum atomic E-state index is -0.438. The number of hydrogen-bond acceptors (Lipinski definition) is 3. The monoisotopic (exact) mass is 406 g/mol. The van der Waals surface area contributed by atoms with Crippen LogP contribution in [0.2, 0.25) is 5.02 Å². The van der Waals surface area contributed by atoms with E-state index in [4.69, 9.17) is 16.3 Å². The van der Waals surface area contributed by atoms with Crippen molar-refractivity contribution in [2.24, 2.45) is 0 Å². The lowest BCUT2D eigenvalue weighted by molar-refractivity contribution is -0.123. The molecular formula is C23H19ClN2O3. The van der Waals surface area contributed by atoms with Gasteiger partial charge in [0, 0.05) is 10.4 Å². The van der Waals surface area contributed by atoms with Gasteiger partial charge in [0.1, 0.15) is 11.4 Å². The van der Waals surface area contributed by atoms with Gasteiger partial charge < -0.3 is 10.1 Å². The second-order valence-electron chi connectivity index (χ2n) is 6.64. The molecule has 1 aliphatic rings. The highest BCUT2D eigenvalue weighted by Gasteiger charge is 2.33. The summed E-state index contributed by atoms with van der Waals surface area (Å²) in [5, 5.41) is 5.19. The molecule has 6 heteroatoms. The molecule has 1 saturated heterocycles. The van der Waals surface area contributed by atoms with Crippen LogP contribution < -0.4 is 10.1 Å². The molecule has 0 aliphatic carbocycles. The number of ether oxygens (including phenoxy) is 1. The van der Waals surface area contributed by atoms with Gasteiger partial charge in [-0.1, -0.05) is 54.1 Å². The number of nitrogens with zero attached hydrogens (tertiary/aromatic N) is 1. The fourth-order valence-electron chi connectivity index (χ4n) is 3.35. The third-order valence-corrected chi connectivity index (χ3v) is 4.99. The number of fused-ring (bicyclic) bond motifs is 1. The fourth-order valence-corrected chi connectivity index (χ4v) is 3.47. The van der Waals surface area contributed by atoms with Crippen LogP contribution >= 0.6 is 11.6 Å². The maximum absolute atomic E-state index is 12.8. The molecule has 0 spiro atoms. The summed E-state index contributed by atoms with van der Waals surface area (Å²) in [7, 11) is 0. The molecule has 0 saturated carbocycles. The summed E-state index contributed by atoms with van der Waals surface area (Å²) < 4.78 is 5.70. The molecule has 0 radical (unpaired) electrons. The van der Waals surface area contributed by atoms with E-state index < -0.39 is 6.03 Å². The Hall–Kier alpha value is -3.31. The van der Waals surface area contributed by atoms with Crippen LogP contribution in [0.25, 0.3) is 16.8 Å². The molecule has 146 valence electrons. The highest BCUT2D eigenvalue weighted by Crippen LogP contribution is 2.30. The van der Waals surface area contributed by atoms with Gasteiger partial charge in [0.05, 0.1) is 13.2 Å². The average molecular weight is 407 g/mol. The van der Waals surface area contributed by atoms with Gasteiger partial charge >= 0.3 is 6.03 Å². The zero-order valence-electron chi connectivity index (χ0n) is 15.8. The quantitative estimate of drug-likeness (QED) is 0.480. The molecule has 29 heavy (non-hydrogen) atoms. The molecule has 3 aromatic rings. The van der Waals surface area contributed by atoms with E-state index in [0.29, 0.717) is 11.6 Å². The molecular weight excluding hydrogens is 388 g/mol. The van der Waals surface area contributed by atoms with Crippen LogP contribution in [0.1, 0.15) is 18.1 Å². The lowest BCUT2D eigenvalue weighted by atomic mass is 10.0. The third-order valence-electron chi connectivity index (χ3n) is 4.73. The number of carbonyl (C=O) groups excluding carboxylic acids is 2. The second-order valence-corrected chi connectivity index (χ2v) is 7.07. The van der Waals surface area contributed by atoms with E-state index in [-0.39, 0.29) is 18.1 Å². The first kappa shape index (κ1) is 19.0. The Morgan fingerprint density at radius 2 is 1.72 bits per heavy atom. The normalized spacial score (nSPS) is 15.2. The van der Waals surface area contributed by atoms with Crippen molar-refractivity contribution in [3.63, 3.8) is 0 Å². The maximum Gasteiger partial charge on any atom is 0.329 e. The van der Waals surface area contributed by atoms with E-state index >= 15 is 0 Å². The number of carbonyl (C=O) groups is 2. The number of urea groups is 1. The molecule has 1 fully saturated rings. The van der Waals surface area contributed by atoms with Gasteiger partial charge in [-0.25, -0.2) is 4.79 Å². The highest BCUT2D eigenvalue weighted by atomic mass is 35.5. The fraction of sp³-hybridized carbons (Fsp3) is 0.130. The summed E-state index contributed by atoms with van der Waals surface area (Å²) in [4.78, 5) is 26.4. The van der Waals surface area contributed by atoms with Crippen molar-refractivity contribution < 1.29 is 14.3 Å². The van der Waals surface area contributed by atoms with Gasteiger partial charge in [-0.05, 0) is 47.7 Å². The van der Waals surface area contributed by atoms with E-state index in [0.717, 1.165) is 27.6 Å². The van der Waals surface area contributed by atoms with E-state index in [2.05, 4.69) is 5.32 Å². The number of imide groups is 1. The summed E-state index contributed by atoms with van der Waals surface area (Å²) in [5.74, 6) is 0.430. The van der Waals surface area contributed by atoms with Gasteiger partial charge in [0.2, 0.25) is 0 Å². The summed E-state index contributed by atoms with van der Waals surface area (Å²) in [6, 6.07) is 18.2. The number of amides is 3. The first-order chi connectivity index (χ1) is 14.1. The molecule has 1 heterocycles. The van der Waals surface area contributed by atoms with Crippen molar-refractivity contribution in [3.05, 3.63) is 82.5 Å². The lowest BCUT2D eigenvalue weighted by Gasteiger charge is -2.12. The first-order valence-electron chi connectivity index (χ1n) is 9.30. The van der Waals surface area contributed by atoms with Crippen molar-refractivity contribution in [1.29, 1.82) is 0 Å². The first-order valence-corrected chi connectivity index (χ1v) is 9.68. The molecule has 0 aromatic heterocycles. The van der Waals surface area contributed by atoms with Crippen molar-refractivity contribution >= 4 is 40.4 Å². The van der Waals surface area contributed by atoms with Crippen molar-refractivity contribution in [2.45, 2.75) is 13.5 Å². The number of benzene rings is 3. The zero-order valence-corrected chi connectivity index (χ0v) is 16.6. The Balaban J connectivity index is 1.65. The standard InChI is InChI=1S/C23H19ClN2O3/c1-2-29-21-12-9-16(18-5-3-4-6-19(18)21)13-20-22(27)26(23(28)25-20)14-15-7-10-17(24)11-8-15/h3-13H,2,14H2,1H3,(H,25,28)/b20-13+. The van der Waals surface area contributed by atoms with Crippen LogP contribution in [0.5, 0.6) is 5.75 Å². The Morgan fingerprint density at radius 3 is 2.45 bits per heavy atom. The number of nitrogens with one attached hydrogen (secondary N) is 1. The van der Waals surface area contributed by atoms with Crippen LogP contribution in [0, 0.1) is 0 Å². The second kappa shape index (κ2) is 7.97. The number of rotatable bonds is 5. The van der Waals surface area contributed by atoms with Crippen LogP contribution in [0.4, 0.5) is 4.79 Å². The molecule has 0 bridgehead atoms. The van der Waals surface area contributed by atoms with Crippen LogP contribution in [0.3, 0.4) is 0 Å². The zero-order chi connectivity index (χ0) is 20.4.